The van der Waals surface area contributed by atoms with Gasteiger partial charge in [-0.25, -0.2) is 4.79 Å². The third-order valence-electron chi connectivity index (χ3n) is 4.70. The summed E-state index contributed by atoms with van der Waals surface area (Å²) in [6, 6.07) is 5.37. The molecule has 0 fully saturated rings. The molecule has 1 rings (SSSR count). The van der Waals surface area contributed by atoms with Gasteiger partial charge in [0, 0.05) is 12.8 Å². The van der Waals surface area contributed by atoms with E-state index in [4.69, 9.17) is 5.73 Å². The second-order valence-electron chi connectivity index (χ2n) is 7.54. The van der Waals surface area contributed by atoms with E-state index in [1.807, 2.05) is 5.32 Å². The predicted molar refractivity (Wildman–Crippen MR) is 118 cm³/mol. The fraction of sp³-hybridized carbons (Fsp3) is 0.476. The van der Waals surface area contributed by atoms with Crippen molar-refractivity contribution in [2.24, 2.45) is 5.73 Å². The molecule has 0 saturated heterocycles. The first-order valence-electron chi connectivity index (χ1n) is 10.6. The summed E-state index contributed by atoms with van der Waals surface area (Å²) in [6.45, 7) is -1.30. The fourth-order valence-corrected chi connectivity index (χ4v) is 2.91. The Morgan fingerprint density at radius 1 is 1.00 bits per heavy atom. The molecule has 2 unspecified atom stereocenters. The first kappa shape index (κ1) is 30.2. The molecule has 36 heavy (non-hydrogen) atoms. The van der Waals surface area contributed by atoms with Gasteiger partial charge in [0.15, 0.2) is 6.10 Å². The maximum Gasteiger partial charge on any atom is 0.416 e. The van der Waals surface area contributed by atoms with Crippen LogP contribution in [0.15, 0.2) is 30.3 Å². The number of methoxy groups -OCH3 is 1. The molecule has 3 atom stereocenters. The van der Waals surface area contributed by atoms with Crippen LogP contribution in [0, 0.1) is 0 Å². The van der Waals surface area contributed by atoms with Crippen molar-refractivity contribution in [3.05, 3.63) is 35.9 Å². The second-order valence-corrected chi connectivity index (χ2v) is 7.54. The van der Waals surface area contributed by atoms with Crippen LogP contribution in [0.4, 0.5) is 18.0 Å². The van der Waals surface area contributed by atoms with Crippen molar-refractivity contribution in [3.63, 3.8) is 0 Å². The van der Waals surface area contributed by atoms with Crippen molar-refractivity contribution in [1.82, 2.24) is 21.3 Å². The molecule has 0 aliphatic carbocycles. The summed E-state index contributed by atoms with van der Waals surface area (Å²) in [5, 5.41) is 18.1. The van der Waals surface area contributed by atoms with Crippen LogP contribution in [0.2, 0.25) is 0 Å². The Balaban J connectivity index is 2.81. The molecule has 1 aromatic rings. The molecular formula is C21H28F3N5O7. The number of nitrogens with two attached hydrogens (primary N) is 1. The summed E-state index contributed by atoms with van der Waals surface area (Å²) in [7, 11) is 1.09. The first-order valence-corrected chi connectivity index (χ1v) is 10.6. The summed E-state index contributed by atoms with van der Waals surface area (Å²) in [5.41, 5.74) is 5.57. The molecule has 0 aliphatic heterocycles. The Labute approximate surface area is 204 Å². The van der Waals surface area contributed by atoms with Crippen LogP contribution in [-0.2, 0) is 30.3 Å². The number of hydrogen-bond donors (Lipinski definition) is 6. The number of aliphatic hydroxyl groups is 1. The van der Waals surface area contributed by atoms with Crippen LogP contribution < -0.4 is 27.0 Å². The molecule has 0 aromatic heterocycles. The van der Waals surface area contributed by atoms with E-state index in [0.717, 1.165) is 7.11 Å². The zero-order chi connectivity index (χ0) is 27.3. The highest BCUT2D eigenvalue weighted by atomic mass is 19.4. The molecule has 0 spiro atoms. The van der Waals surface area contributed by atoms with E-state index in [9.17, 15) is 42.3 Å². The lowest BCUT2D eigenvalue weighted by Gasteiger charge is -2.26. The van der Waals surface area contributed by atoms with Gasteiger partial charge in [-0.3, -0.25) is 19.2 Å². The van der Waals surface area contributed by atoms with Gasteiger partial charge in [0.25, 0.3) is 0 Å². The summed E-state index contributed by atoms with van der Waals surface area (Å²) in [5.74, 6) is -3.61. The van der Waals surface area contributed by atoms with E-state index < -0.39 is 80.0 Å². The smallest absolute Gasteiger partial charge is 0.416 e. The minimum Gasteiger partial charge on any atom is -0.453 e. The van der Waals surface area contributed by atoms with E-state index in [1.165, 1.54) is 0 Å². The lowest BCUT2D eigenvalue weighted by molar-refractivity contribution is -0.212. The standard InChI is InChI=1S/C21H28F3N5O7/c1-36-20(35)27-11-17(32)29-14(9-12-5-3-2-4-6-12)19(34)26-10-16(31)28-13(7-8-15(25)30)18(33)21(22,23)24/h2-6,13-14,18,33H,7-11H2,1H3,(H2,25,30)(H,26,34)(H,27,35)(H,28,31)(H,29,32)/t13?,14-,18?/m0/s1. The van der Waals surface area contributed by atoms with E-state index in [2.05, 4.69) is 20.7 Å². The third-order valence-corrected chi connectivity index (χ3v) is 4.70. The molecule has 15 heteroatoms. The van der Waals surface area contributed by atoms with Crippen LogP contribution in [0.1, 0.15) is 18.4 Å². The topological polar surface area (TPSA) is 189 Å². The van der Waals surface area contributed by atoms with Crippen LogP contribution in [0.5, 0.6) is 0 Å². The molecule has 12 nitrogen and oxygen atoms in total. The summed E-state index contributed by atoms with van der Waals surface area (Å²) >= 11 is 0. The molecular weight excluding hydrogens is 491 g/mol. The van der Waals surface area contributed by atoms with Gasteiger partial charge in [-0.1, -0.05) is 30.3 Å². The minimum atomic E-state index is -5.08. The lowest BCUT2D eigenvalue weighted by Crippen LogP contribution is -2.54. The van der Waals surface area contributed by atoms with Crippen molar-refractivity contribution in [2.45, 2.75) is 43.6 Å². The number of carbonyl (C=O) groups is 5. The monoisotopic (exact) mass is 519 g/mol. The van der Waals surface area contributed by atoms with Crippen LogP contribution in [-0.4, -0.2) is 79.4 Å². The number of benzene rings is 1. The Hall–Kier alpha value is -3.88. The van der Waals surface area contributed by atoms with Gasteiger partial charge in [-0.05, 0) is 12.0 Å². The summed E-state index contributed by atoms with van der Waals surface area (Å²) in [6.07, 6.45) is -10.1. The Kier molecular flexibility index (Phi) is 12.1. The second kappa shape index (κ2) is 14.5. The lowest BCUT2D eigenvalue weighted by atomic mass is 10.0. The number of halogens is 3. The third kappa shape index (κ3) is 11.5. The van der Waals surface area contributed by atoms with Gasteiger partial charge < -0.3 is 36.8 Å². The normalized spacial score (nSPS) is 13.5. The Morgan fingerprint density at radius 3 is 2.14 bits per heavy atom. The van der Waals surface area contributed by atoms with Gasteiger partial charge in [-0.15, -0.1) is 0 Å². The molecule has 0 aliphatic rings. The van der Waals surface area contributed by atoms with Crippen molar-refractivity contribution in [3.8, 4) is 0 Å². The van der Waals surface area contributed by atoms with Crippen LogP contribution in [0.25, 0.3) is 0 Å². The number of carbonyl (C=O) groups excluding carboxylic acids is 5. The highest BCUT2D eigenvalue weighted by Crippen LogP contribution is 2.24. The predicted octanol–water partition coefficient (Wildman–Crippen LogP) is -1.14. The van der Waals surface area contributed by atoms with Gasteiger partial charge in [0.05, 0.1) is 19.7 Å². The van der Waals surface area contributed by atoms with Gasteiger partial charge in [0.2, 0.25) is 23.6 Å². The number of aliphatic hydroxyl groups excluding tert-OH is 1. The zero-order valence-electron chi connectivity index (χ0n) is 19.3. The van der Waals surface area contributed by atoms with Crippen molar-refractivity contribution in [1.29, 1.82) is 0 Å². The number of primary amides is 1. The van der Waals surface area contributed by atoms with Crippen molar-refractivity contribution in [2.75, 3.05) is 20.2 Å². The maximum atomic E-state index is 12.9. The SMILES string of the molecule is COC(=O)NCC(=O)N[C@@H](Cc1ccccc1)C(=O)NCC(=O)NC(CCC(N)=O)C(O)C(F)(F)F. The number of rotatable bonds is 13. The number of nitrogens with one attached hydrogen (secondary N) is 4. The van der Waals surface area contributed by atoms with Gasteiger partial charge in [-0.2, -0.15) is 13.2 Å². The number of alkyl carbamates (subject to hydrolysis) is 1. The molecule has 1 aromatic carbocycles. The number of amides is 5. The average molecular weight is 519 g/mol. The highest BCUT2D eigenvalue weighted by Gasteiger charge is 2.44. The Morgan fingerprint density at radius 2 is 1.58 bits per heavy atom. The molecule has 0 heterocycles. The zero-order valence-corrected chi connectivity index (χ0v) is 19.3. The molecule has 0 radical (unpaired) electrons. The molecule has 0 bridgehead atoms. The summed E-state index contributed by atoms with van der Waals surface area (Å²) in [4.78, 5) is 59.0. The number of hydrogen-bond acceptors (Lipinski definition) is 7. The summed E-state index contributed by atoms with van der Waals surface area (Å²) < 4.78 is 43.0. The van der Waals surface area contributed by atoms with E-state index in [1.54, 1.807) is 30.3 Å². The quantitative estimate of drug-likeness (QED) is 0.190. The average Bonchev–Trinajstić information content (AvgIpc) is 2.82. The molecule has 0 saturated carbocycles. The molecule has 5 amide bonds. The van der Waals surface area contributed by atoms with Gasteiger partial charge in [0.1, 0.15) is 12.6 Å². The van der Waals surface area contributed by atoms with E-state index in [0.29, 0.717) is 5.56 Å². The minimum absolute atomic E-state index is 0.00766. The van der Waals surface area contributed by atoms with E-state index >= 15 is 0 Å². The van der Waals surface area contributed by atoms with Crippen LogP contribution >= 0.6 is 0 Å². The molecule has 200 valence electrons. The Bertz CT molecular complexity index is 915. The highest BCUT2D eigenvalue weighted by molar-refractivity contribution is 5.91. The fourth-order valence-electron chi connectivity index (χ4n) is 2.91. The first-order chi connectivity index (χ1) is 16.8. The largest absolute Gasteiger partial charge is 0.453 e. The van der Waals surface area contributed by atoms with Gasteiger partial charge >= 0.3 is 12.3 Å². The number of ether oxygens (including phenoxy) is 1. The van der Waals surface area contributed by atoms with Crippen molar-refractivity contribution >= 4 is 29.7 Å². The van der Waals surface area contributed by atoms with Crippen LogP contribution in [0.3, 0.4) is 0 Å². The van der Waals surface area contributed by atoms with E-state index in [-0.39, 0.29) is 6.42 Å². The van der Waals surface area contributed by atoms with Crippen molar-refractivity contribution < 1.29 is 47.0 Å². The number of alkyl halides is 3. The maximum absolute atomic E-state index is 12.9. The molecule has 7 N–H and O–H groups in total.